The summed E-state index contributed by atoms with van der Waals surface area (Å²) in [5.41, 5.74) is -0.353. The van der Waals surface area contributed by atoms with Crippen LogP contribution in [0.2, 0.25) is 0 Å². The molecule has 3 heteroatoms. The Kier molecular flexibility index (Phi) is 2.81. The number of rotatable bonds is 2. The van der Waals surface area contributed by atoms with Crippen LogP contribution in [0.15, 0.2) is 18.2 Å². The van der Waals surface area contributed by atoms with Crippen molar-refractivity contribution in [3.63, 3.8) is 0 Å². The topological polar surface area (TPSA) is 40.5 Å². The zero-order valence-corrected chi connectivity index (χ0v) is 8.58. The van der Waals surface area contributed by atoms with E-state index in [1.807, 2.05) is 0 Å². The fraction of sp³-hybridized carbons (Fsp3) is 0.455. The summed E-state index contributed by atoms with van der Waals surface area (Å²) in [6, 6.07) is 4.40. The van der Waals surface area contributed by atoms with E-state index in [4.69, 9.17) is 0 Å². The molecule has 14 heavy (non-hydrogen) atoms. The number of halogens is 1. The first-order valence-electron chi connectivity index (χ1n) is 4.52. The van der Waals surface area contributed by atoms with Crippen LogP contribution >= 0.6 is 0 Å². The van der Waals surface area contributed by atoms with Crippen molar-refractivity contribution in [2.45, 2.75) is 32.5 Å². The molecule has 0 aliphatic rings. The molecule has 0 spiro atoms. The first-order valence-corrected chi connectivity index (χ1v) is 4.52. The SMILES string of the molecule is CC(F)c1ccc(O)c(C(C)(C)O)c1. The molecule has 0 aliphatic carbocycles. The largest absolute Gasteiger partial charge is 0.508 e. The van der Waals surface area contributed by atoms with Crippen molar-refractivity contribution in [1.82, 2.24) is 0 Å². The Morgan fingerprint density at radius 2 is 1.93 bits per heavy atom. The zero-order chi connectivity index (χ0) is 10.9. The number of aromatic hydroxyl groups is 1. The summed E-state index contributed by atoms with van der Waals surface area (Å²) in [6.07, 6.45) is -1.10. The van der Waals surface area contributed by atoms with Crippen molar-refractivity contribution < 1.29 is 14.6 Å². The number of benzene rings is 1. The monoisotopic (exact) mass is 198 g/mol. The summed E-state index contributed by atoms with van der Waals surface area (Å²) in [7, 11) is 0. The van der Waals surface area contributed by atoms with E-state index in [-0.39, 0.29) is 5.75 Å². The summed E-state index contributed by atoms with van der Waals surface area (Å²) in [4.78, 5) is 0. The van der Waals surface area contributed by atoms with Gasteiger partial charge < -0.3 is 10.2 Å². The second-order valence-electron chi connectivity index (χ2n) is 3.95. The average Bonchev–Trinajstić information content (AvgIpc) is 2.02. The smallest absolute Gasteiger partial charge is 0.122 e. The number of hydrogen-bond acceptors (Lipinski definition) is 2. The van der Waals surface area contributed by atoms with Gasteiger partial charge in [-0.25, -0.2) is 4.39 Å². The van der Waals surface area contributed by atoms with Gasteiger partial charge in [-0.15, -0.1) is 0 Å². The molecule has 2 nitrogen and oxygen atoms in total. The molecule has 0 heterocycles. The van der Waals surface area contributed by atoms with Gasteiger partial charge in [0.1, 0.15) is 11.9 Å². The van der Waals surface area contributed by atoms with Crippen molar-refractivity contribution in [2.75, 3.05) is 0 Å². The highest BCUT2D eigenvalue weighted by Crippen LogP contribution is 2.31. The minimum absolute atomic E-state index is 0.0121. The number of hydrogen-bond donors (Lipinski definition) is 2. The number of alkyl halides is 1. The van der Waals surface area contributed by atoms with Gasteiger partial charge in [0.05, 0.1) is 5.60 Å². The van der Waals surface area contributed by atoms with Crippen molar-refractivity contribution in [2.24, 2.45) is 0 Å². The second-order valence-corrected chi connectivity index (χ2v) is 3.95. The van der Waals surface area contributed by atoms with Gasteiger partial charge in [-0.05, 0) is 38.5 Å². The van der Waals surface area contributed by atoms with E-state index in [1.54, 1.807) is 13.8 Å². The lowest BCUT2D eigenvalue weighted by atomic mass is 9.94. The van der Waals surface area contributed by atoms with E-state index < -0.39 is 11.8 Å². The number of phenolic OH excluding ortho intramolecular Hbond substituents is 1. The van der Waals surface area contributed by atoms with E-state index in [2.05, 4.69) is 0 Å². The lowest BCUT2D eigenvalue weighted by Gasteiger charge is -2.20. The van der Waals surface area contributed by atoms with Crippen LogP contribution in [0.4, 0.5) is 4.39 Å². The summed E-state index contributed by atoms with van der Waals surface area (Å²) in [6.45, 7) is 4.52. The van der Waals surface area contributed by atoms with E-state index >= 15 is 0 Å². The summed E-state index contributed by atoms with van der Waals surface area (Å²) in [5, 5.41) is 19.2. The maximum Gasteiger partial charge on any atom is 0.122 e. The highest BCUT2D eigenvalue weighted by molar-refractivity contribution is 5.40. The molecule has 0 radical (unpaired) electrons. The maximum atomic E-state index is 13.0. The number of aliphatic hydroxyl groups is 1. The Bertz CT molecular complexity index is 327. The van der Waals surface area contributed by atoms with Crippen molar-refractivity contribution >= 4 is 0 Å². The molecule has 1 aromatic rings. The van der Waals surface area contributed by atoms with E-state index in [9.17, 15) is 14.6 Å². The third-order valence-electron chi connectivity index (χ3n) is 2.14. The Morgan fingerprint density at radius 1 is 1.36 bits per heavy atom. The predicted molar refractivity (Wildman–Crippen MR) is 52.9 cm³/mol. The van der Waals surface area contributed by atoms with Crippen LogP contribution in [-0.4, -0.2) is 10.2 Å². The van der Waals surface area contributed by atoms with Gasteiger partial charge in [-0.3, -0.25) is 0 Å². The van der Waals surface area contributed by atoms with Crippen molar-refractivity contribution in [3.05, 3.63) is 29.3 Å². The van der Waals surface area contributed by atoms with Gasteiger partial charge in [0.15, 0.2) is 0 Å². The van der Waals surface area contributed by atoms with Gasteiger partial charge in [-0.2, -0.15) is 0 Å². The standard InChI is InChI=1S/C11H15FO2/c1-7(12)8-4-5-10(13)9(6-8)11(2,3)14/h4-7,13-14H,1-3H3. The third kappa shape index (κ3) is 2.23. The van der Waals surface area contributed by atoms with Crippen LogP contribution in [0.1, 0.15) is 38.1 Å². The Labute approximate surface area is 83.0 Å². The highest BCUT2D eigenvalue weighted by atomic mass is 19.1. The predicted octanol–water partition coefficient (Wildman–Crippen LogP) is 2.65. The molecule has 0 aliphatic heterocycles. The van der Waals surface area contributed by atoms with E-state index in [1.165, 1.54) is 25.1 Å². The quantitative estimate of drug-likeness (QED) is 0.767. The lowest BCUT2D eigenvalue weighted by molar-refractivity contribution is 0.0756. The fourth-order valence-electron chi connectivity index (χ4n) is 1.29. The first-order chi connectivity index (χ1) is 6.32. The molecular weight excluding hydrogens is 183 g/mol. The van der Waals surface area contributed by atoms with E-state index in [0.717, 1.165) is 0 Å². The molecule has 0 saturated carbocycles. The summed E-state index contributed by atoms with van der Waals surface area (Å²) in [5.74, 6) is -0.0121. The lowest BCUT2D eigenvalue weighted by Crippen LogP contribution is -2.16. The molecule has 0 fully saturated rings. The van der Waals surface area contributed by atoms with Crippen molar-refractivity contribution in [3.8, 4) is 5.75 Å². The van der Waals surface area contributed by atoms with Gasteiger partial charge in [-0.1, -0.05) is 6.07 Å². The molecule has 78 valence electrons. The van der Waals surface area contributed by atoms with Crippen LogP contribution in [0, 0.1) is 0 Å². The Morgan fingerprint density at radius 3 is 2.36 bits per heavy atom. The molecule has 0 saturated heterocycles. The van der Waals surface area contributed by atoms with Crippen LogP contribution in [0.3, 0.4) is 0 Å². The minimum atomic E-state index is -1.16. The Hall–Kier alpha value is -1.09. The molecule has 0 amide bonds. The van der Waals surface area contributed by atoms with Crippen LogP contribution in [0.5, 0.6) is 5.75 Å². The molecule has 0 aromatic heterocycles. The molecule has 1 atom stereocenters. The molecule has 2 N–H and O–H groups in total. The molecule has 1 aromatic carbocycles. The average molecular weight is 198 g/mol. The normalized spacial score (nSPS) is 14.1. The van der Waals surface area contributed by atoms with Gasteiger partial charge in [0.25, 0.3) is 0 Å². The Balaban J connectivity index is 3.22. The third-order valence-corrected chi connectivity index (χ3v) is 2.14. The second kappa shape index (κ2) is 3.58. The zero-order valence-electron chi connectivity index (χ0n) is 8.58. The minimum Gasteiger partial charge on any atom is -0.508 e. The van der Waals surface area contributed by atoms with Crippen LogP contribution < -0.4 is 0 Å². The van der Waals surface area contributed by atoms with Crippen molar-refractivity contribution in [1.29, 1.82) is 0 Å². The van der Waals surface area contributed by atoms with Gasteiger partial charge in [0, 0.05) is 5.56 Å². The summed E-state index contributed by atoms with van der Waals surface area (Å²) < 4.78 is 13.0. The molecular formula is C11H15FO2. The number of phenols is 1. The van der Waals surface area contributed by atoms with Gasteiger partial charge in [0.2, 0.25) is 0 Å². The first kappa shape index (κ1) is 11.0. The molecule has 1 unspecified atom stereocenters. The van der Waals surface area contributed by atoms with Crippen LogP contribution in [0.25, 0.3) is 0 Å². The molecule has 0 bridgehead atoms. The van der Waals surface area contributed by atoms with Gasteiger partial charge >= 0.3 is 0 Å². The fourth-order valence-corrected chi connectivity index (χ4v) is 1.29. The van der Waals surface area contributed by atoms with Crippen LogP contribution in [-0.2, 0) is 5.60 Å². The highest BCUT2D eigenvalue weighted by Gasteiger charge is 2.21. The summed E-state index contributed by atoms with van der Waals surface area (Å²) >= 11 is 0. The van der Waals surface area contributed by atoms with E-state index in [0.29, 0.717) is 11.1 Å². The maximum absolute atomic E-state index is 13.0. The molecule has 1 rings (SSSR count).